The monoisotopic (exact) mass is 377 g/mol. The van der Waals surface area contributed by atoms with Crippen molar-refractivity contribution >= 4 is 29.6 Å². The molecule has 0 spiro atoms. The van der Waals surface area contributed by atoms with Crippen molar-refractivity contribution in [1.82, 2.24) is 4.90 Å². The molecule has 138 valence electrons. The number of hydrogen-bond donors (Lipinski definition) is 0. The molecule has 8 heteroatoms. The van der Waals surface area contributed by atoms with E-state index in [1.54, 1.807) is 20.8 Å². The fraction of sp³-hybridized carbons (Fsp3) is 0.412. The lowest BCUT2D eigenvalue weighted by atomic mass is 10.1. The summed E-state index contributed by atoms with van der Waals surface area (Å²) in [7, 11) is 1.39. The molecular weight excluding hydrogens is 359 g/mol. The predicted molar refractivity (Wildman–Crippen MR) is 89.0 cm³/mol. The fourth-order valence-electron chi connectivity index (χ4n) is 1.80. The predicted octanol–water partition coefficient (Wildman–Crippen LogP) is 4.17. The number of alkyl halides is 3. The molecule has 0 atom stereocenters. The second-order valence-corrected chi connectivity index (χ2v) is 6.76. The molecule has 4 nitrogen and oxygen atoms in total. The Balaban J connectivity index is 2.78. The van der Waals surface area contributed by atoms with E-state index < -0.39 is 34.2 Å². The van der Waals surface area contributed by atoms with Gasteiger partial charge in [-0.2, -0.15) is 13.2 Å². The van der Waals surface area contributed by atoms with E-state index in [4.69, 9.17) is 16.3 Å². The van der Waals surface area contributed by atoms with Gasteiger partial charge >= 0.3 is 12.1 Å². The topological polar surface area (TPSA) is 46.6 Å². The van der Waals surface area contributed by atoms with Crippen LogP contribution in [0.15, 0.2) is 24.3 Å². The van der Waals surface area contributed by atoms with E-state index in [0.29, 0.717) is 0 Å². The summed E-state index contributed by atoms with van der Waals surface area (Å²) in [4.78, 5) is 24.7. The van der Waals surface area contributed by atoms with Gasteiger partial charge in [0, 0.05) is 13.1 Å². The number of nitrogens with zero attached hydrogens (tertiary/aromatic N) is 1. The number of likely N-dealkylation sites (N-methyl/N-ethyl adjacent to an activating group) is 1. The van der Waals surface area contributed by atoms with Crippen LogP contribution in [0.25, 0.3) is 6.08 Å². The second kappa shape index (κ2) is 7.91. The Bertz CT molecular complexity index is 679. The molecule has 0 bridgehead atoms. The highest BCUT2D eigenvalue weighted by Crippen LogP contribution is 2.35. The lowest BCUT2D eigenvalue weighted by Crippen LogP contribution is -2.35. The first-order valence-corrected chi connectivity index (χ1v) is 7.69. The highest BCUT2D eigenvalue weighted by atomic mass is 35.5. The average molecular weight is 378 g/mol. The van der Waals surface area contributed by atoms with Crippen LogP contribution < -0.4 is 0 Å². The molecule has 0 fully saturated rings. The number of hydrogen-bond acceptors (Lipinski definition) is 3. The summed E-state index contributed by atoms with van der Waals surface area (Å²) in [5.41, 5.74) is -1.49. The van der Waals surface area contributed by atoms with Crippen LogP contribution in [0.5, 0.6) is 0 Å². The molecule has 0 heterocycles. The first kappa shape index (κ1) is 21.0. The Kier molecular flexibility index (Phi) is 6.65. The van der Waals surface area contributed by atoms with Crippen LogP contribution in [0.3, 0.4) is 0 Å². The van der Waals surface area contributed by atoms with Gasteiger partial charge in [-0.25, -0.2) is 0 Å². The van der Waals surface area contributed by atoms with Crippen molar-refractivity contribution < 1.29 is 27.5 Å². The van der Waals surface area contributed by atoms with E-state index in [1.165, 1.54) is 19.2 Å². The third-order valence-corrected chi connectivity index (χ3v) is 3.21. The normalized spacial score (nSPS) is 12.3. The summed E-state index contributed by atoms with van der Waals surface area (Å²) in [5, 5.41) is -0.418. The molecule has 0 aliphatic rings. The van der Waals surface area contributed by atoms with Crippen molar-refractivity contribution in [3.8, 4) is 0 Å². The van der Waals surface area contributed by atoms with Crippen LogP contribution >= 0.6 is 11.6 Å². The minimum atomic E-state index is -4.58. The minimum Gasteiger partial charge on any atom is -0.459 e. The zero-order chi connectivity index (χ0) is 19.4. The summed E-state index contributed by atoms with van der Waals surface area (Å²) in [5.74, 6) is -1.13. The quantitative estimate of drug-likeness (QED) is 0.584. The number of amides is 1. The van der Waals surface area contributed by atoms with E-state index in [9.17, 15) is 22.8 Å². The Labute approximate surface area is 149 Å². The number of benzene rings is 1. The van der Waals surface area contributed by atoms with Gasteiger partial charge in [0.2, 0.25) is 5.91 Å². The maximum absolute atomic E-state index is 12.8. The number of halogens is 4. The average Bonchev–Trinajstić information content (AvgIpc) is 2.42. The van der Waals surface area contributed by atoms with Gasteiger partial charge in [-0.3, -0.25) is 9.59 Å². The summed E-state index contributed by atoms with van der Waals surface area (Å²) in [6.45, 7) is 4.83. The summed E-state index contributed by atoms with van der Waals surface area (Å²) in [6, 6.07) is 3.31. The van der Waals surface area contributed by atoms with Gasteiger partial charge < -0.3 is 9.64 Å². The fourth-order valence-corrected chi connectivity index (χ4v) is 2.03. The number of carbonyl (C=O) groups is 2. The molecule has 1 aromatic carbocycles. The van der Waals surface area contributed by atoms with Crippen molar-refractivity contribution in [3.63, 3.8) is 0 Å². The number of ether oxygens (including phenoxy) is 1. The van der Waals surface area contributed by atoms with Gasteiger partial charge in [-0.15, -0.1) is 0 Å². The third-order valence-electron chi connectivity index (χ3n) is 2.88. The molecule has 0 aliphatic carbocycles. The van der Waals surface area contributed by atoms with Crippen molar-refractivity contribution in [1.29, 1.82) is 0 Å². The molecule has 25 heavy (non-hydrogen) atoms. The Morgan fingerprint density at radius 3 is 2.36 bits per heavy atom. The molecule has 0 aromatic heterocycles. The van der Waals surface area contributed by atoms with Gasteiger partial charge in [-0.05, 0) is 44.5 Å². The highest BCUT2D eigenvalue weighted by Gasteiger charge is 2.33. The summed E-state index contributed by atoms with van der Waals surface area (Å²) < 4.78 is 43.5. The van der Waals surface area contributed by atoms with Crippen LogP contribution in [0, 0.1) is 0 Å². The van der Waals surface area contributed by atoms with E-state index in [1.807, 2.05) is 0 Å². The standard InChI is InChI=1S/C17H19ClF3NO3/c1-16(2,3)25-15(24)10-22(4)14(23)8-6-11-5-7-13(18)12(9-11)17(19,20)21/h5-9H,10H2,1-4H3/b8-6+. The molecule has 0 saturated carbocycles. The Morgan fingerprint density at radius 1 is 1.24 bits per heavy atom. The maximum Gasteiger partial charge on any atom is 0.417 e. The Morgan fingerprint density at radius 2 is 1.84 bits per heavy atom. The van der Waals surface area contributed by atoms with Crippen molar-refractivity contribution in [2.24, 2.45) is 0 Å². The molecule has 1 amide bonds. The molecule has 0 unspecified atom stereocenters. The Hall–Kier alpha value is -2.02. The van der Waals surface area contributed by atoms with Crippen LogP contribution in [0.2, 0.25) is 5.02 Å². The summed E-state index contributed by atoms with van der Waals surface area (Å²) >= 11 is 5.53. The lowest BCUT2D eigenvalue weighted by Gasteiger charge is -2.22. The zero-order valence-electron chi connectivity index (χ0n) is 14.3. The van der Waals surface area contributed by atoms with Gasteiger partial charge in [-0.1, -0.05) is 17.7 Å². The number of carbonyl (C=O) groups excluding carboxylic acids is 2. The largest absolute Gasteiger partial charge is 0.459 e. The van der Waals surface area contributed by atoms with E-state index in [-0.39, 0.29) is 12.1 Å². The van der Waals surface area contributed by atoms with Gasteiger partial charge in [0.25, 0.3) is 0 Å². The van der Waals surface area contributed by atoms with Crippen LogP contribution in [0.4, 0.5) is 13.2 Å². The van der Waals surface area contributed by atoms with Crippen LogP contribution in [-0.4, -0.2) is 36.0 Å². The minimum absolute atomic E-state index is 0.163. The molecule has 0 aliphatic heterocycles. The van der Waals surface area contributed by atoms with Gasteiger partial charge in [0.15, 0.2) is 0 Å². The van der Waals surface area contributed by atoms with Crippen molar-refractivity contribution in [2.45, 2.75) is 32.5 Å². The highest BCUT2D eigenvalue weighted by molar-refractivity contribution is 6.31. The van der Waals surface area contributed by atoms with E-state index >= 15 is 0 Å². The first-order chi connectivity index (χ1) is 11.3. The first-order valence-electron chi connectivity index (χ1n) is 7.31. The lowest BCUT2D eigenvalue weighted by molar-refractivity contribution is -0.157. The molecule has 0 saturated heterocycles. The molecule has 1 aromatic rings. The van der Waals surface area contributed by atoms with Crippen molar-refractivity contribution in [3.05, 3.63) is 40.4 Å². The SMILES string of the molecule is CN(CC(=O)OC(C)(C)C)C(=O)/C=C/c1ccc(Cl)c(C(F)(F)F)c1. The number of rotatable bonds is 4. The molecule has 1 rings (SSSR count). The molecular formula is C17H19ClF3NO3. The smallest absolute Gasteiger partial charge is 0.417 e. The van der Waals surface area contributed by atoms with Crippen LogP contribution in [0.1, 0.15) is 31.9 Å². The number of esters is 1. The van der Waals surface area contributed by atoms with E-state index in [2.05, 4.69) is 0 Å². The second-order valence-electron chi connectivity index (χ2n) is 6.35. The summed E-state index contributed by atoms with van der Waals surface area (Å²) in [6.07, 6.45) is -2.29. The van der Waals surface area contributed by atoms with Crippen LogP contribution in [-0.2, 0) is 20.5 Å². The molecule has 0 radical (unpaired) electrons. The van der Waals surface area contributed by atoms with Gasteiger partial charge in [0.1, 0.15) is 12.1 Å². The maximum atomic E-state index is 12.8. The van der Waals surface area contributed by atoms with Crippen molar-refractivity contribution in [2.75, 3.05) is 13.6 Å². The zero-order valence-corrected chi connectivity index (χ0v) is 15.0. The van der Waals surface area contributed by atoms with Gasteiger partial charge in [0.05, 0.1) is 10.6 Å². The third kappa shape index (κ3) is 7.17. The molecule has 0 N–H and O–H groups in total. The van der Waals surface area contributed by atoms with E-state index in [0.717, 1.165) is 23.1 Å².